The summed E-state index contributed by atoms with van der Waals surface area (Å²) < 4.78 is 0. The molecule has 1 N–H and O–H groups in total. The maximum absolute atomic E-state index is 5.37. The Labute approximate surface area is 101 Å². The molecule has 16 heavy (non-hydrogen) atoms. The molecule has 2 heteroatoms. The molecule has 0 spiro atoms. The van der Waals surface area contributed by atoms with E-state index in [9.17, 15) is 0 Å². The van der Waals surface area contributed by atoms with Gasteiger partial charge in [0, 0.05) is 12.1 Å². The summed E-state index contributed by atoms with van der Waals surface area (Å²) >= 11 is 0. The lowest BCUT2D eigenvalue weighted by Crippen LogP contribution is -2.47. The lowest BCUT2D eigenvalue weighted by atomic mass is 9.79. The van der Waals surface area contributed by atoms with E-state index in [4.69, 9.17) is 6.42 Å². The number of nitrogens with one attached hydrogen (secondary N) is 1. The minimum Gasteiger partial charge on any atom is -0.314 e. The maximum Gasteiger partial charge on any atom is 0.0598 e. The van der Waals surface area contributed by atoms with Crippen molar-refractivity contribution < 1.29 is 0 Å². The fourth-order valence-corrected chi connectivity index (χ4v) is 2.70. The first-order valence-corrected chi connectivity index (χ1v) is 6.61. The monoisotopic (exact) mass is 222 g/mol. The van der Waals surface area contributed by atoms with Crippen molar-refractivity contribution in [2.75, 3.05) is 26.7 Å². The topological polar surface area (TPSA) is 15.3 Å². The van der Waals surface area contributed by atoms with Crippen molar-refractivity contribution in [3.8, 4) is 12.3 Å². The first-order valence-electron chi connectivity index (χ1n) is 6.61. The molecular weight excluding hydrogens is 196 g/mol. The predicted molar refractivity (Wildman–Crippen MR) is 70.4 cm³/mol. The van der Waals surface area contributed by atoms with Crippen molar-refractivity contribution in [3.05, 3.63) is 0 Å². The van der Waals surface area contributed by atoms with Crippen LogP contribution in [0.25, 0.3) is 0 Å². The standard InChI is InChI=1S/C14H26N2/c1-4-12-16(5-2)13-11-14(15-3)9-7-6-8-10-14/h1,15H,5-13H2,2-3H3. The molecule has 0 unspecified atom stereocenters. The van der Waals surface area contributed by atoms with E-state index in [1.165, 1.54) is 38.5 Å². The molecule has 2 nitrogen and oxygen atoms in total. The minimum absolute atomic E-state index is 0.389. The minimum atomic E-state index is 0.389. The largest absolute Gasteiger partial charge is 0.314 e. The molecule has 92 valence electrons. The molecule has 0 aromatic carbocycles. The first kappa shape index (κ1) is 13.5. The fraction of sp³-hybridized carbons (Fsp3) is 0.857. The summed E-state index contributed by atoms with van der Waals surface area (Å²) in [6.07, 6.45) is 13.4. The zero-order valence-corrected chi connectivity index (χ0v) is 10.9. The number of hydrogen-bond donors (Lipinski definition) is 1. The van der Waals surface area contributed by atoms with E-state index in [0.717, 1.165) is 19.6 Å². The second-order valence-electron chi connectivity index (χ2n) is 4.91. The van der Waals surface area contributed by atoms with Gasteiger partial charge >= 0.3 is 0 Å². The van der Waals surface area contributed by atoms with Gasteiger partial charge in [0.1, 0.15) is 0 Å². The average molecular weight is 222 g/mol. The van der Waals surface area contributed by atoms with Crippen LogP contribution in [0.15, 0.2) is 0 Å². The van der Waals surface area contributed by atoms with Crippen LogP contribution < -0.4 is 5.32 Å². The molecule has 0 aromatic rings. The zero-order valence-electron chi connectivity index (χ0n) is 10.9. The van der Waals surface area contributed by atoms with Crippen molar-refractivity contribution in [1.29, 1.82) is 0 Å². The van der Waals surface area contributed by atoms with Crippen LogP contribution in [-0.2, 0) is 0 Å². The highest BCUT2D eigenvalue weighted by Gasteiger charge is 2.29. The van der Waals surface area contributed by atoms with E-state index in [0.29, 0.717) is 5.54 Å². The van der Waals surface area contributed by atoms with Crippen LogP contribution in [0.3, 0.4) is 0 Å². The summed E-state index contributed by atoms with van der Waals surface area (Å²) in [5.74, 6) is 2.74. The summed E-state index contributed by atoms with van der Waals surface area (Å²) in [5.41, 5.74) is 0.389. The molecule has 0 radical (unpaired) electrons. The van der Waals surface area contributed by atoms with Gasteiger partial charge in [-0.3, -0.25) is 4.90 Å². The SMILES string of the molecule is C#CCN(CC)CCC1(NC)CCCCC1. The molecule has 0 aliphatic heterocycles. The Hall–Kier alpha value is -0.520. The van der Waals surface area contributed by atoms with Gasteiger partial charge in [-0.2, -0.15) is 0 Å². The summed E-state index contributed by atoms with van der Waals surface area (Å²) in [6, 6.07) is 0. The van der Waals surface area contributed by atoms with Crippen molar-refractivity contribution in [1.82, 2.24) is 10.2 Å². The molecule has 1 saturated carbocycles. The third-order valence-corrected chi connectivity index (χ3v) is 4.01. The summed E-state index contributed by atoms with van der Waals surface area (Å²) in [4.78, 5) is 2.35. The first-order chi connectivity index (χ1) is 7.76. The van der Waals surface area contributed by atoms with Crippen LogP contribution in [0.5, 0.6) is 0 Å². The van der Waals surface area contributed by atoms with Gasteiger partial charge in [-0.1, -0.05) is 32.1 Å². The molecule has 0 amide bonds. The van der Waals surface area contributed by atoms with Crippen LogP contribution >= 0.6 is 0 Å². The van der Waals surface area contributed by atoms with Crippen molar-refractivity contribution >= 4 is 0 Å². The predicted octanol–water partition coefficient (Wildman–Crippen LogP) is 2.25. The van der Waals surface area contributed by atoms with Crippen LogP contribution in [0.4, 0.5) is 0 Å². The Morgan fingerprint density at radius 1 is 1.31 bits per heavy atom. The van der Waals surface area contributed by atoms with E-state index >= 15 is 0 Å². The molecule has 0 aromatic heterocycles. The molecule has 1 fully saturated rings. The molecule has 0 saturated heterocycles. The van der Waals surface area contributed by atoms with E-state index in [1.807, 2.05) is 0 Å². The van der Waals surface area contributed by atoms with Crippen LogP contribution in [0.1, 0.15) is 45.4 Å². The number of rotatable bonds is 6. The second kappa shape index (κ2) is 6.93. The number of terminal acetylenes is 1. The van der Waals surface area contributed by atoms with E-state index in [2.05, 4.69) is 30.1 Å². The Bertz CT molecular complexity index is 223. The fourth-order valence-electron chi connectivity index (χ4n) is 2.70. The Balaban J connectivity index is 2.40. The van der Waals surface area contributed by atoms with Gasteiger partial charge in [0.15, 0.2) is 0 Å². The highest BCUT2D eigenvalue weighted by molar-refractivity contribution is 4.92. The third kappa shape index (κ3) is 3.81. The normalized spacial score (nSPS) is 19.6. The molecule has 1 aliphatic carbocycles. The smallest absolute Gasteiger partial charge is 0.0598 e. The second-order valence-corrected chi connectivity index (χ2v) is 4.91. The van der Waals surface area contributed by atoms with Crippen LogP contribution in [0.2, 0.25) is 0 Å². The summed E-state index contributed by atoms with van der Waals surface area (Å²) in [5, 5.41) is 3.56. The van der Waals surface area contributed by atoms with Crippen LogP contribution in [-0.4, -0.2) is 37.1 Å². The van der Waals surface area contributed by atoms with Gasteiger partial charge in [0.2, 0.25) is 0 Å². The Morgan fingerprint density at radius 3 is 2.50 bits per heavy atom. The van der Waals surface area contributed by atoms with Crippen LogP contribution in [0, 0.1) is 12.3 Å². The van der Waals surface area contributed by atoms with Crippen molar-refractivity contribution in [3.63, 3.8) is 0 Å². The molecule has 0 bridgehead atoms. The molecule has 0 atom stereocenters. The van der Waals surface area contributed by atoms with E-state index in [-0.39, 0.29) is 0 Å². The molecular formula is C14H26N2. The number of hydrogen-bond acceptors (Lipinski definition) is 2. The summed E-state index contributed by atoms with van der Waals surface area (Å²) in [7, 11) is 2.11. The number of nitrogens with zero attached hydrogens (tertiary/aromatic N) is 1. The highest BCUT2D eigenvalue weighted by atomic mass is 15.1. The zero-order chi connectivity index (χ0) is 11.9. The van der Waals surface area contributed by atoms with Gasteiger partial charge < -0.3 is 5.32 Å². The quantitative estimate of drug-likeness (QED) is 0.694. The Morgan fingerprint density at radius 2 is 2.00 bits per heavy atom. The van der Waals surface area contributed by atoms with Gasteiger partial charge in [0.25, 0.3) is 0 Å². The van der Waals surface area contributed by atoms with Crippen molar-refractivity contribution in [2.45, 2.75) is 51.0 Å². The maximum atomic E-state index is 5.37. The third-order valence-electron chi connectivity index (χ3n) is 4.01. The van der Waals surface area contributed by atoms with E-state index < -0.39 is 0 Å². The van der Waals surface area contributed by atoms with Crippen molar-refractivity contribution in [2.24, 2.45) is 0 Å². The average Bonchev–Trinajstić information content (AvgIpc) is 2.35. The van der Waals surface area contributed by atoms with Gasteiger partial charge in [-0.05, 0) is 32.9 Å². The molecule has 0 heterocycles. The highest BCUT2D eigenvalue weighted by Crippen LogP contribution is 2.30. The lowest BCUT2D eigenvalue weighted by Gasteiger charge is -2.38. The Kier molecular flexibility index (Phi) is 5.87. The van der Waals surface area contributed by atoms with Gasteiger partial charge in [0.05, 0.1) is 6.54 Å². The van der Waals surface area contributed by atoms with Gasteiger partial charge in [-0.25, -0.2) is 0 Å². The van der Waals surface area contributed by atoms with E-state index in [1.54, 1.807) is 0 Å². The lowest BCUT2D eigenvalue weighted by molar-refractivity contribution is 0.194. The molecule has 1 aliphatic rings. The van der Waals surface area contributed by atoms with Gasteiger partial charge in [-0.15, -0.1) is 6.42 Å². The molecule has 1 rings (SSSR count). The summed E-state index contributed by atoms with van der Waals surface area (Å²) in [6.45, 7) is 5.16.